The van der Waals surface area contributed by atoms with E-state index in [0.29, 0.717) is 45.0 Å². The van der Waals surface area contributed by atoms with Gasteiger partial charge in [-0.15, -0.1) is 11.8 Å². The summed E-state index contributed by atoms with van der Waals surface area (Å²) in [4.78, 5) is 72.3. The van der Waals surface area contributed by atoms with Crippen molar-refractivity contribution in [2.75, 3.05) is 46.3 Å². The lowest BCUT2D eigenvalue weighted by Gasteiger charge is -2.34. The van der Waals surface area contributed by atoms with Crippen LogP contribution in [0.25, 0.3) is 44.2 Å². The first-order chi connectivity index (χ1) is 28.6. The van der Waals surface area contributed by atoms with Gasteiger partial charge < -0.3 is 44.6 Å². The number of fused-ring (bicyclic) bond motifs is 3. The van der Waals surface area contributed by atoms with Crippen molar-refractivity contribution in [2.45, 2.75) is 63.0 Å². The SMILES string of the molecule is COC(=O)NC(C(=O)N1CCC[C@H]1c1ncc(-c2ccc(-c3ccc4c(ccc5[nH]c([C@H]6SCCN6C(=O)[C@@H](NC(=O)OC)C(C)C)nc54)c3)cc2)[nH]1)C1CCOCC1. The zero-order chi connectivity index (χ0) is 41.2. The lowest BCUT2D eigenvalue weighted by atomic mass is 9.90. The van der Waals surface area contributed by atoms with Crippen LogP contribution in [-0.4, -0.2) is 112 Å². The van der Waals surface area contributed by atoms with Crippen molar-refractivity contribution >= 4 is 57.6 Å². The molecule has 4 atom stereocenters. The second-order valence-corrected chi connectivity index (χ2v) is 16.8. The normalized spacial score (nSPS) is 19.6. The molecule has 3 aromatic carbocycles. The molecule has 5 heterocycles. The lowest BCUT2D eigenvalue weighted by molar-refractivity contribution is -0.137. The third-order valence-corrected chi connectivity index (χ3v) is 12.9. The Bertz CT molecular complexity index is 2340. The van der Waals surface area contributed by atoms with Crippen LogP contribution in [0, 0.1) is 11.8 Å². The van der Waals surface area contributed by atoms with Gasteiger partial charge in [-0.2, -0.15) is 0 Å². The molecule has 4 amide bonds. The predicted octanol–water partition coefficient (Wildman–Crippen LogP) is 6.54. The van der Waals surface area contributed by atoms with E-state index in [1.807, 2.05) is 31.0 Å². The van der Waals surface area contributed by atoms with Gasteiger partial charge >= 0.3 is 12.2 Å². The number of imidazole rings is 2. The molecule has 310 valence electrons. The number of rotatable bonds is 10. The molecule has 16 heteroatoms. The number of alkyl carbamates (subject to hydrolysis) is 2. The summed E-state index contributed by atoms with van der Waals surface area (Å²) in [7, 11) is 2.60. The largest absolute Gasteiger partial charge is 0.453 e. The second-order valence-electron chi connectivity index (χ2n) is 15.6. The van der Waals surface area contributed by atoms with Crippen LogP contribution >= 0.6 is 11.8 Å². The van der Waals surface area contributed by atoms with Crippen molar-refractivity contribution in [3.05, 3.63) is 72.4 Å². The number of thioether (sulfide) groups is 1. The topological polar surface area (TPSA) is 184 Å². The van der Waals surface area contributed by atoms with Gasteiger partial charge in [0, 0.05) is 37.4 Å². The Labute approximate surface area is 346 Å². The molecule has 5 aromatic rings. The number of H-pyrrole nitrogens is 2. The molecule has 59 heavy (non-hydrogen) atoms. The maximum atomic E-state index is 14.0. The van der Waals surface area contributed by atoms with Gasteiger partial charge in [0.1, 0.15) is 29.1 Å². The van der Waals surface area contributed by atoms with Gasteiger partial charge in [-0.1, -0.05) is 56.3 Å². The van der Waals surface area contributed by atoms with Crippen LogP contribution in [0.5, 0.6) is 0 Å². The maximum Gasteiger partial charge on any atom is 0.407 e. The van der Waals surface area contributed by atoms with Gasteiger partial charge in [0.2, 0.25) is 11.8 Å². The lowest BCUT2D eigenvalue weighted by Crippen LogP contribution is -2.53. The van der Waals surface area contributed by atoms with E-state index in [-0.39, 0.29) is 35.1 Å². The van der Waals surface area contributed by atoms with E-state index in [1.54, 1.807) is 16.7 Å². The van der Waals surface area contributed by atoms with E-state index < -0.39 is 24.3 Å². The van der Waals surface area contributed by atoms with Crippen LogP contribution in [0.2, 0.25) is 0 Å². The van der Waals surface area contributed by atoms with Crippen LogP contribution in [0.4, 0.5) is 9.59 Å². The standard InChI is InChI=1S/C43H50N8O7S/c1-24(2)34(48-42(54)56-3)39(52)51-18-21-59-41(51)38-45-31-14-12-29-22-28(11-13-30(29)36(31)47-38)25-7-9-26(10-8-25)32-23-44-37(46-32)33-6-5-17-50(33)40(53)35(49-43(55)57-4)27-15-19-58-20-16-27/h7-14,22-24,27,33-35,41H,5-6,15-21H2,1-4H3,(H,44,46)(H,45,47)(H,48,54)(H,49,55)/t33-,34-,35?,41+/m0/s1. The number of carbonyl (C=O) groups excluding carboxylic acids is 4. The monoisotopic (exact) mass is 822 g/mol. The fraction of sp³-hybridized carbons (Fsp3) is 0.442. The maximum absolute atomic E-state index is 14.0. The van der Waals surface area contributed by atoms with Crippen molar-refractivity contribution in [1.29, 1.82) is 0 Å². The molecule has 3 aliphatic rings. The molecule has 0 aliphatic carbocycles. The van der Waals surface area contributed by atoms with Crippen LogP contribution in [0.3, 0.4) is 0 Å². The van der Waals surface area contributed by atoms with Crippen LogP contribution < -0.4 is 10.6 Å². The molecule has 15 nitrogen and oxygen atoms in total. The van der Waals surface area contributed by atoms with Gasteiger partial charge in [-0.3, -0.25) is 9.59 Å². The Hall–Kier alpha value is -5.61. The summed E-state index contributed by atoms with van der Waals surface area (Å²) in [6, 6.07) is 17.1. The van der Waals surface area contributed by atoms with Crippen molar-refractivity contribution in [2.24, 2.45) is 11.8 Å². The van der Waals surface area contributed by atoms with E-state index in [0.717, 1.165) is 68.6 Å². The van der Waals surface area contributed by atoms with E-state index in [4.69, 9.17) is 24.2 Å². The zero-order valence-electron chi connectivity index (χ0n) is 33.7. The quantitative estimate of drug-likeness (QED) is 0.121. The molecule has 4 N–H and O–H groups in total. The third kappa shape index (κ3) is 8.20. The minimum atomic E-state index is -0.710. The average molecular weight is 823 g/mol. The molecule has 0 spiro atoms. The summed E-state index contributed by atoms with van der Waals surface area (Å²) < 4.78 is 15.2. The molecular formula is C43H50N8O7S. The van der Waals surface area contributed by atoms with Crippen LogP contribution in [-0.2, 0) is 23.8 Å². The number of hydrogen-bond acceptors (Lipinski definition) is 10. The molecule has 0 saturated carbocycles. The summed E-state index contributed by atoms with van der Waals surface area (Å²) in [6.45, 7) is 6.06. The average Bonchev–Trinajstić information content (AvgIpc) is 4.10. The highest BCUT2D eigenvalue weighted by Gasteiger charge is 2.41. The number of benzene rings is 3. The van der Waals surface area contributed by atoms with Crippen LogP contribution in [0.1, 0.15) is 62.6 Å². The van der Waals surface area contributed by atoms with E-state index in [2.05, 4.69) is 69.1 Å². The number of nitrogens with zero attached hydrogens (tertiary/aromatic N) is 4. The molecular weight excluding hydrogens is 773 g/mol. The number of methoxy groups -OCH3 is 2. The van der Waals surface area contributed by atoms with E-state index in [1.165, 1.54) is 14.2 Å². The number of hydrogen-bond donors (Lipinski definition) is 4. The number of aromatic nitrogens is 4. The molecule has 3 aliphatic heterocycles. The minimum absolute atomic E-state index is 0.0299. The van der Waals surface area contributed by atoms with Crippen LogP contribution in [0.15, 0.2) is 60.8 Å². The number of amides is 4. The van der Waals surface area contributed by atoms with Gasteiger partial charge in [-0.25, -0.2) is 19.6 Å². The Morgan fingerprint density at radius 1 is 0.831 bits per heavy atom. The van der Waals surface area contributed by atoms with Crippen molar-refractivity contribution in [1.82, 2.24) is 40.4 Å². The van der Waals surface area contributed by atoms with E-state index in [9.17, 15) is 19.2 Å². The number of likely N-dealkylation sites (tertiary alicyclic amines) is 1. The summed E-state index contributed by atoms with van der Waals surface area (Å²) in [5, 5.41) is 7.26. The van der Waals surface area contributed by atoms with Gasteiger partial charge in [0.05, 0.1) is 43.2 Å². The Balaban J connectivity index is 0.974. The highest BCUT2D eigenvalue weighted by Crippen LogP contribution is 2.40. The van der Waals surface area contributed by atoms with Crippen molar-refractivity contribution in [3.63, 3.8) is 0 Å². The molecule has 2 aromatic heterocycles. The third-order valence-electron chi connectivity index (χ3n) is 11.7. The first kappa shape index (κ1) is 40.2. The van der Waals surface area contributed by atoms with Gasteiger partial charge in [-0.05, 0) is 71.7 Å². The van der Waals surface area contributed by atoms with Crippen molar-refractivity contribution in [3.8, 4) is 22.4 Å². The molecule has 8 rings (SSSR count). The summed E-state index contributed by atoms with van der Waals surface area (Å²) in [6.07, 6.45) is 3.57. The van der Waals surface area contributed by atoms with Gasteiger partial charge in [0.25, 0.3) is 0 Å². The summed E-state index contributed by atoms with van der Waals surface area (Å²) in [5.74, 6) is 1.76. The highest BCUT2D eigenvalue weighted by atomic mass is 32.2. The number of carbonyl (C=O) groups is 4. The smallest absolute Gasteiger partial charge is 0.407 e. The number of aromatic amines is 2. The first-order valence-corrected chi connectivity index (χ1v) is 21.3. The number of ether oxygens (including phenoxy) is 3. The summed E-state index contributed by atoms with van der Waals surface area (Å²) in [5.41, 5.74) is 5.67. The highest BCUT2D eigenvalue weighted by molar-refractivity contribution is 7.99. The fourth-order valence-electron chi connectivity index (χ4n) is 8.52. The Morgan fingerprint density at radius 3 is 2.31 bits per heavy atom. The predicted molar refractivity (Wildman–Crippen MR) is 224 cm³/mol. The molecule has 1 unspecified atom stereocenters. The van der Waals surface area contributed by atoms with E-state index >= 15 is 0 Å². The number of nitrogens with one attached hydrogen (secondary N) is 4. The fourth-order valence-corrected chi connectivity index (χ4v) is 9.71. The Kier molecular flexibility index (Phi) is 11.8. The molecule has 3 fully saturated rings. The summed E-state index contributed by atoms with van der Waals surface area (Å²) >= 11 is 1.65. The molecule has 0 bridgehead atoms. The molecule has 0 radical (unpaired) electrons. The van der Waals surface area contributed by atoms with Crippen molar-refractivity contribution < 1.29 is 33.4 Å². The zero-order valence-corrected chi connectivity index (χ0v) is 34.5. The van der Waals surface area contributed by atoms with Gasteiger partial charge in [0.15, 0.2) is 0 Å². The molecule has 3 saturated heterocycles. The second kappa shape index (κ2) is 17.3. The Morgan fingerprint density at radius 2 is 1.56 bits per heavy atom. The minimum Gasteiger partial charge on any atom is -0.453 e. The first-order valence-electron chi connectivity index (χ1n) is 20.2.